The van der Waals surface area contributed by atoms with Gasteiger partial charge in [-0.15, -0.1) is 0 Å². The number of halogens is 1. The van der Waals surface area contributed by atoms with Crippen LogP contribution < -0.4 is 9.64 Å². The molecule has 162 valence electrons. The fourth-order valence-corrected chi connectivity index (χ4v) is 4.55. The summed E-state index contributed by atoms with van der Waals surface area (Å²) in [5, 5.41) is 0. The first-order chi connectivity index (χ1) is 15.6. The van der Waals surface area contributed by atoms with E-state index in [4.69, 9.17) is 9.72 Å². The van der Waals surface area contributed by atoms with E-state index in [-0.39, 0.29) is 11.8 Å². The summed E-state index contributed by atoms with van der Waals surface area (Å²) >= 11 is 3.46. The number of carbonyl (C=O) groups excluding carboxylic acids is 1. The molecule has 1 aliphatic heterocycles. The van der Waals surface area contributed by atoms with E-state index in [1.54, 1.807) is 0 Å². The van der Waals surface area contributed by atoms with Crippen molar-refractivity contribution in [2.45, 2.75) is 25.8 Å². The highest BCUT2D eigenvalue weighted by Gasteiger charge is 2.34. The molecule has 0 spiro atoms. The Morgan fingerprint density at radius 2 is 1.78 bits per heavy atom. The van der Waals surface area contributed by atoms with Crippen molar-refractivity contribution in [2.75, 3.05) is 18.1 Å². The van der Waals surface area contributed by atoms with Gasteiger partial charge in [-0.2, -0.15) is 0 Å². The summed E-state index contributed by atoms with van der Waals surface area (Å²) in [6, 6.07) is 24.1. The quantitative estimate of drug-likeness (QED) is 0.348. The lowest BCUT2D eigenvalue weighted by Crippen LogP contribution is -2.24. The SMILES string of the molecule is Cc1ccc(OCCn2c([C@@H]3CC(=O)N(c4ccc(Br)cc4)C3)nc3ccccc32)cc1. The van der Waals surface area contributed by atoms with Gasteiger partial charge in [-0.05, 0) is 55.5 Å². The summed E-state index contributed by atoms with van der Waals surface area (Å²) in [5.74, 6) is 1.98. The number of anilines is 1. The fourth-order valence-electron chi connectivity index (χ4n) is 4.28. The van der Waals surface area contributed by atoms with Gasteiger partial charge in [-0.1, -0.05) is 45.8 Å². The van der Waals surface area contributed by atoms with E-state index in [1.807, 2.05) is 71.6 Å². The molecule has 32 heavy (non-hydrogen) atoms. The largest absolute Gasteiger partial charge is 0.492 e. The normalized spacial score (nSPS) is 16.1. The highest BCUT2D eigenvalue weighted by Crippen LogP contribution is 2.33. The van der Waals surface area contributed by atoms with Gasteiger partial charge in [0.25, 0.3) is 0 Å². The molecule has 0 saturated carbocycles. The number of imidazole rings is 1. The van der Waals surface area contributed by atoms with Crippen LogP contribution in [-0.4, -0.2) is 28.6 Å². The van der Waals surface area contributed by atoms with Crippen molar-refractivity contribution in [3.05, 3.63) is 88.7 Å². The minimum atomic E-state index is 0.0397. The van der Waals surface area contributed by atoms with E-state index in [9.17, 15) is 4.79 Å². The number of ether oxygens (including phenoxy) is 1. The van der Waals surface area contributed by atoms with Gasteiger partial charge in [-0.3, -0.25) is 4.79 Å². The Hall–Kier alpha value is -3.12. The van der Waals surface area contributed by atoms with E-state index in [1.165, 1.54) is 5.56 Å². The number of aromatic nitrogens is 2. The maximum Gasteiger partial charge on any atom is 0.227 e. The highest BCUT2D eigenvalue weighted by atomic mass is 79.9. The van der Waals surface area contributed by atoms with Gasteiger partial charge in [0, 0.05) is 29.0 Å². The van der Waals surface area contributed by atoms with Gasteiger partial charge in [0.15, 0.2) is 0 Å². The summed E-state index contributed by atoms with van der Waals surface area (Å²) in [6.45, 7) is 3.90. The monoisotopic (exact) mass is 489 g/mol. The van der Waals surface area contributed by atoms with Crippen LogP contribution in [0.5, 0.6) is 5.75 Å². The second kappa shape index (κ2) is 8.79. The summed E-state index contributed by atoms with van der Waals surface area (Å²) < 4.78 is 9.21. The van der Waals surface area contributed by atoms with Gasteiger partial charge in [0.2, 0.25) is 5.91 Å². The predicted octanol–water partition coefficient (Wildman–Crippen LogP) is 5.71. The third kappa shape index (κ3) is 4.15. The van der Waals surface area contributed by atoms with Crippen molar-refractivity contribution >= 4 is 38.6 Å². The van der Waals surface area contributed by atoms with Gasteiger partial charge < -0.3 is 14.2 Å². The Morgan fingerprint density at radius 1 is 1.03 bits per heavy atom. The van der Waals surface area contributed by atoms with Crippen LogP contribution in [0, 0.1) is 6.92 Å². The molecule has 6 heteroatoms. The molecular formula is C26H24BrN3O2. The number of benzene rings is 3. The second-order valence-corrected chi connectivity index (χ2v) is 9.07. The van der Waals surface area contributed by atoms with Crippen molar-refractivity contribution < 1.29 is 9.53 Å². The summed E-state index contributed by atoms with van der Waals surface area (Å²) in [5.41, 5.74) is 4.16. The number of rotatable bonds is 6. The topological polar surface area (TPSA) is 47.4 Å². The second-order valence-electron chi connectivity index (χ2n) is 8.15. The van der Waals surface area contributed by atoms with Crippen molar-refractivity contribution in [1.29, 1.82) is 0 Å². The number of fused-ring (bicyclic) bond motifs is 1. The molecule has 0 radical (unpaired) electrons. The Labute approximate surface area is 195 Å². The molecule has 5 rings (SSSR count). The first kappa shape index (κ1) is 20.8. The van der Waals surface area contributed by atoms with E-state index in [0.29, 0.717) is 26.1 Å². The van der Waals surface area contributed by atoms with Crippen molar-refractivity contribution in [3.8, 4) is 5.75 Å². The van der Waals surface area contributed by atoms with E-state index in [2.05, 4.69) is 33.5 Å². The molecule has 4 aromatic rings. The van der Waals surface area contributed by atoms with Gasteiger partial charge in [-0.25, -0.2) is 4.98 Å². The minimum absolute atomic E-state index is 0.0397. The average molecular weight is 490 g/mol. The molecule has 0 unspecified atom stereocenters. The van der Waals surface area contributed by atoms with Crippen LogP contribution in [0.2, 0.25) is 0 Å². The summed E-state index contributed by atoms with van der Waals surface area (Å²) in [6.07, 6.45) is 0.457. The Balaban J connectivity index is 1.39. The molecule has 0 aliphatic carbocycles. The highest BCUT2D eigenvalue weighted by molar-refractivity contribution is 9.10. The maximum atomic E-state index is 12.8. The van der Waals surface area contributed by atoms with Crippen LogP contribution in [0.4, 0.5) is 5.69 Å². The first-order valence-corrected chi connectivity index (χ1v) is 11.6. The lowest BCUT2D eigenvalue weighted by atomic mass is 10.1. The predicted molar refractivity (Wildman–Crippen MR) is 130 cm³/mol. The van der Waals surface area contributed by atoms with Crippen LogP contribution in [0.1, 0.15) is 23.7 Å². The molecule has 1 saturated heterocycles. The number of para-hydroxylation sites is 2. The van der Waals surface area contributed by atoms with Crippen molar-refractivity contribution in [1.82, 2.24) is 9.55 Å². The Kier molecular flexibility index (Phi) is 5.70. The molecule has 1 atom stereocenters. The average Bonchev–Trinajstić information content (AvgIpc) is 3.36. The molecule has 0 N–H and O–H groups in total. The molecule has 3 aromatic carbocycles. The third-order valence-corrected chi connectivity index (χ3v) is 6.45. The van der Waals surface area contributed by atoms with Crippen LogP contribution in [-0.2, 0) is 11.3 Å². The van der Waals surface area contributed by atoms with Crippen LogP contribution in [0.25, 0.3) is 11.0 Å². The third-order valence-electron chi connectivity index (χ3n) is 5.92. The first-order valence-electron chi connectivity index (χ1n) is 10.8. The smallest absolute Gasteiger partial charge is 0.227 e. The van der Waals surface area contributed by atoms with E-state index < -0.39 is 0 Å². The van der Waals surface area contributed by atoms with Crippen molar-refractivity contribution in [2.24, 2.45) is 0 Å². The molecule has 2 heterocycles. The summed E-state index contributed by atoms with van der Waals surface area (Å²) in [7, 11) is 0. The van der Waals surface area contributed by atoms with Gasteiger partial charge in [0.05, 0.1) is 17.6 Å². The molecule has 1 aromatic heterocycles. The van der Waals surface area contributed by atoms with Gasteiger partial charge >= 0.3 is 0 Å². The molecule has 5 nitrogen and oxygen atoms in total. The Morgan fingerprint density at radius 3 is 2.56 bits per heavy atom. The van der Waals surface area contributed by atoms with Crippen LogP contribution >= 0.6 is 15.9 Å². The molecular weight excluding hydrogens is 466 g/mol. The number of hydrogen-bond acceptors (Lipinski definition) is 3. The van der Waals surface area contributed by atoms with Crippen LogP contribution in [0.15, 0.2) is 77.3 Å². The number of hydrogen-bond donors (Lipinski definition) is 0. The van der Waals surface area contributed by atoms with Gasteiger partial charge in [0.1, 0.15) is 18.2 Å². The number of nitrogens with zero attached hydrogens (tertiary/aromatic N) is 3. The van der Waals surface area contributed by atoms with E-state index in [0.717, 1.165) is 32.8 Å². The zero-order chi connectivity index (χ0) is 22.1. The number of carbonyl (C=O) groups is 1. The maximum absolute atomic E-state index is 12.8. The number of amides is 1. The Bertz CT molecular complexity index is 1250. The summed E-state index contributed by atoms with van der Waals surface area (Å²) in [4.78, 5) is 19.6. The van der Waals surface area contributed by atoms with Crippen LogP contribution in [0.3, 0.4) is 0 Å². The zero-order valence-electron chi connectivity index (χ0n) is 17.9. The number of aryl methyl sites for hydroxylation is 1. The zero-order valence-corrected chi connectivity index (χ0v) is 19.5. The van der Waals surface area contributed by atoms with Crippen molar-refractivity contribution in [3.63, 3.8) is 0 Å². The lowest BCUT2D eigenvalue weighted by Gasteiger charge is -2.17. The molecule has 0 bridgehead atoms. The molecule has 1 aliphatic rings. The molecule has 1 fully saturated rings. The lowest BCUT2D eigenvalue weighted by molar-refractivity contribution is -0.117. The standard InChI is InChI=1S/C26H24BrN3O2/c1-18-6-12-22(13-7-18)32-15-14-29-24-5-3-2-4-23(24)28-26(29)19-16-25(31)30(17-19)21-10-8-20(27)9-11-21/h2-13,19H,14-17H2,1H3/t19-/m1/s1. The van der Waals surface area contributed by atoms with E-state index >= 15 is 0 Å². The fraction of sp³-hybridized carbons (Fsp3) is 0.231. The minimum Gasteiger partial charge on any atom is -0.492 e. The molecule has 1 amide bonds.